The Kier molecular flexibility index (Phi) is 5.33. The number of rotatable bonds is 5. The van der Waals surface area contributed by atoms with Crippen molar-refractivity contribution in [1.82, 2.24) is 4.98 Å². The van der Waals surface area contributed by atoms with Crippen LogP contribution in [0.15, 0.2) is 42.6 Å². The Morgan fingerprint density at radius 2 is 2.17 bits per heavy atom. The zero-order valence-electron chi connectivity index (χ0n) is 13.2. The Labute approximate surface area is 146 Å². The third-order valence-corrected chi connectivity index (χ3v) is 4.52. The fraction of sp³-hybridized carbons (Fsp3) is 0.333. The number of pyridine rings is 1. The van der Waals surface area contributed by atoms with Crippen molar-refractivity contribution >= 4 is 23.3 Å². The molecule has 1 aromatic carbocycles. The fourth-order valence-electron chi connectivity index (χ4n) is 2.99. The van der Waals surface area contributed by atoms with Crippen molar-refractivity contribution in [2.75, 3.05) is 18.5 Å². The molecular formula is C18H20ClN3O2. The number of carbonyl (C=O) groups is 1. The van der Waals surface area contributed by atoms with Crippen LogP contribution >= 0.6 is 11.6 Å². The highest BCUT2D eigenvalue weighted by molar-refractivity contribution is 6.33. The zero-order valence-corrected chi connectivity index (χ0v) is 14.0. The van der Waals surface area contributed by atoms with E-state index in [1.54, 1.807) is 0 Å². The molecule has 3 N–H and O–H groups in total. The van der Waals surface area contributed by atoms with E-state index in [2.05, 4.69) is 22.4 Å². The molecule has 2 heterocycles. The number of ether oxygens (including phenoxy) is 1. The molecule has 2 atom stereocenters. The van der Waals surface area contributed by atoms with Crippen LogP contribution in [0.4, 0.5) is 5.82 Å². The standard InChI is InChI=1S/C18H20ClN3O2/c19-15-9-14(17(20)23)11-22-18(15)21-10-13-7-4-8-24-16(13)12-5-2-1-3-6-12/h1-3,5-6,9,11,13,16H,4,7-8,10H2,(H2,20,23)(H,21,22)/t13-,16+/m1/s1. The number of carbonyl (C=O) groups excluding carboxylic acids is 1. The minimum absolute atomic E-state index is 0.0659. The van der Waals surface area contributed by atoms with Gasteiger partial charge in [-0.3, -0.25) is 4.79 Å². The van der Waals surface area contributed by atoms with Gasteiger partial charge < -0.3 is 15.8 Å². The first kappa shape index (κ1) is 16.7. The van der Waals surface area contributed by atoms with Crippen LogP contribution in [0, 0.1) is 5.92 Å². The van der Waals surface area contributed by atoms with Gasteiger partial charge in [0.1, 0.15) is 5.82 Å². The van der Waals surface area contributed by atoms with E-state index in [0.29, 0.717) is 28.9 Å². The van der Waals surface area contributed by atoms with Crippen molar-refractivity contribution in [2.45, 2.75) is 18.9 Å². The Balaban J connectivity index is 1.69. The van der Waals surface area contributed by atoms with Gasteiger partial charge in [0.15, 0.2) is 0 Å². The molecule has 1 saturated heterocycles. The van der Waals surface area contributed by atoms with Crippen molar-refractivity contribution in [3.8, 4) is 0 Å². The lowest BCUT2D eigenvalue weighted by Crippen LogP contribution is -2.28. The molecule has 1 aromatic heterocycles. The second-order valence-electron chi connectivity index (χ2n) is 5.90. The summed E-state index contributed by atoms with van der Waals surface area (Å²) in [5, 5.41) is 3.66. The van der Waals surface area contributed by atoms with Gasteiger partial charge >= 0.3 is 0 Å². The van der Waals surface area contributed by atoms with Gasteiger partial charge in [-0.1, -0.05) is 41.9 Å². The van der Waals surface area contributed by atoms with Gasteiger partial charge in [-0.25, -0.2) is 4.98 Å². The van der Waals surface area contributed by atoms with E-state index in [0.717, 1.165) is 19.4 Å². The number of primary amides is 1. The number of nitrogens with zero attached hydrogens (tertiary/aromatic N) is 1. The first-order valence-corrected chi connectivity index (χ1v) is 8.38. The van der Waals surface area contributed by atoms with Gasteiger partial charge in [0.2, 0.25) is 5.91 Å². The fourth-order valence-corrected chi connectivity index (χ4v) is 3.23. The molecule has 5 nitrogen and oxygen atoms in total. The molecule has 126 valence electrons. The normalized spacial score (nSPS) is 20.5. The number of anilines is 1. The Bertz CT molecular complexity index is 709. The van der Waals surface area contributed by atoms with Gasteiger partial charge in [-0.2, -0.15) is 0 Å². The maximum absolute atomic E-state index is 11.2. The zero-order chi connectivity index (χ0) is 16.9. The van der Waals surface area contributed by atoms with Crippen LogP contribution in [0.2, 0.25) is 5.02 Å². The molecule has 1 fully saturated rings. The van der Waals surface area contributed by atoms with Gasteiger partial charge in [0.25, 0.3) is 0 Å². The Morgan fingerprint density at radius 3 is 2.88 bits per heavy atom. The van der Waals surface area contributed by atoms with Crippen molar-refractivity contribution < 1.29 is 9.53 Å². The molecule has 0 saturated carbocycles. The number of benzene rings is 1. The predicted octanol–water partition coefficient (Wildman–Crippen LogP) is 3.41. The minimum Gasteiger partial charge on any atom is -0.373 e. The highest BCUT2D eigenvalue weighted by Gasteiger charge is 2.27. The molecule has 0 unspecified atom stereocenters. The number of hydrogen-bond acceptors (Lipinski definition) is 4. The predicted molar refractivity (Wildman–Crippen MR) is 94.1 cm³/mol. The third-order valence-electron chi connectivity index (χ3n) is 4.23. The van der Waals surface area contributed by atoms with E-state index in [1.165, 1.54) is 17.8 Å². The maximum atomic E-state index is 11.2. The van der Waals surface area contributed by atoms with Gasteiger partial charge in [0.05, 0.1) is 16.7 Å². The molecular weight excluding hydrogens is 326 g/mol. The van der Waals surface area contributed by atoms with E-state index in [1.807, 2.05) is 18.2 Å². The van der Waals surface area contributed by atoms with Crippen molar-refractivity contribution in [3.05, 3.63) is 58.7 Å². The maximum Gasteiger partial charge on any atom is 0.250 e. The van der Waals surface area contributed by atoms with Crippen LogP contribution in [-0.4, -0.2) is 24.0 Å². The van der Waals surface area contributed by atoms with Crippen LogP contribution in [0.25, 0.3) is 0 Å². The second-order valence-corrected chi connectivity index (χ2v) is 6.31. The summed E-state index contributed by atoms with van der Waals surface area (Å²) in [4.78, 5) is 15.4. The molecule has 0 aliphatic carbocycles. The highest BCUT2D eigenvalue weighted by Crippen LogP contribution is 2.34. The summed E-state index contributed by atoms with van der Waals surface area (Å²) in [6, 6.07) is 11.8. The molecule has 1 aliphatic heterocycles. The SMILES string of the molecule is NC(=O)c1cnc(NC[C@H]2CCCO[C@H]2c2ccccc2)c(Cl)c1. The number of aromatic nitrogens is 1. The monoisotopic (exact) mass is 345 g/mol. The van der Waals surface area contributed by atoms with Crippen LogP contribution in [0.3, 0.4) is 0 Å². The number of nitrogens with two attached hydrogens (primary N) is 1. The topological polar surface area (TPSA) is 77.2 Å². The van der Waals surface area contributed by atoms with Crippen LogP contribution in [0.5, 0.6) is 0 Å². The largest absolute Gasteiger partial charge is 0.373 e. The molecule has 0 spiro atoms. The summed E-state index contributed by atoms with van der Waals surface area (Å²) in [5.74, 6) is 0.342. The van der Waals surface area contributed by atoms with Gasteiger partial charge in [0, 0.05) is 25.3 Å². The number of halogens is 1. The molecule has 1 aliphatic rings. The molecule has 3 rings (SSSR count). The van der Waals surface area contributed by atoms with E-state index in [9.17, 15) is 4.79 Å². The molecule has 0 radical (unpaired) electrons. The molecule has 2 aromatic rings. The summed E-state index contributed by atoms with van der Waals surface area (Å²) in [7, 11) is 0. The van der Waals surface area contributed by atoms with Crippen LogP contribution < -0.4 is 11.1 Å². The van der Waals surface area contributed by atoms with Crippen LogP contribution in [0.1, 0.15) is 34.9 Å². The second kappa shape index (κ2) is 7.64. The van der Waals surface area contributed by atoms with E-state index in [4.69, 9.17) is 22.1 Å². The molecule has 6 heteroatoms. The highest BCUT2D eigenvalue weighted by atomic mass is 35.5. The van der Waals surface area contributed by atoms with Gasteiger partial charge in [-0.05, 0) is 24.5 Å². The average Bonchev–Trinajstić information content (AvgIpc) is 2.61. The molecule has 1 amide bonds. The first-order valence-electron chi connectivity index (χ1n) is 8.01. The Morgan fingerprint density at radius 1 is 1.38 bits per heavy atom. The molecule has 24 heavy (non-hydrogen) atoms. The first-order chi connectivity index (χ1) is 11.6. The van der Waals surface area contributed by atoms with Gasteiger partial charge in [-0.15, -0.1) is 0 Å². The van der Waals surface area contributed by atoms with E-state index in [-0.39, 0.29) is 6.10 Å². The summed E-state index contributed by atoms with van der Waals surface area (Å²) in [6.45, 7) is 1.48. The van der Waals surface area contributed by atoms with Crippen molar-refractivity contribution in [3.63, 3.8) is 0 Å². The van der Waals surface area contributed by atoms with E-state index >= 15 is 0 Å². The Hall–Kier alpha value is -2.11. The smallest absolute Gasteiger partial charge is 0.250 e. The van der Waals surface area contributed by atoms with Crippen LogP contribution in [-0.2, 0) is 4.74 Å². The quantitative estimate of drug-likeness (QED) is 0.870. The lowest BCUT2D eigenvalue weighted by atomic mass is 9.89. The van der Waals surface area contributed by atoms with Crippen molar-refractivity contribution in [2.24, 2.45) is 11.7 Å². The lowest BCUT2D eigenvalue weighted by Gasteiger charge is -2.32. The minimum atomic E-state index is -0.541. The lowest BCUT2D eigenvalue weighted by molar-refractivity contribution is -0.0238. The van der Waals surface area contributed by atoms with E-state index < -0.39 is 5.91 Å². The number of nitrogens with one attached hydrogen (secondary N) is 1. The summed E-state index contributed by atoms with van der Waals surface area (Å²) in [5.41, 5.74) is 6.72. The molecule has 0 bridgehead atoms. The summed E-state index contributed by atoms with van der Waals surface area (Å²) < 4.78 is 5.99. The third kappa shape index (κ3) is 3.86. The summed E-state index contributed by atoms with van der Waals surface area (Å²) in [6.07, 6.45) is 3.61. The summed E-state index contributed by atoms with van der Waals surface area (Å²) >= 11 is 6.18. The van der Waals surface area contributed by atoms with Crippen molar-refractivity contribution in [1.29, 1.82) is 0 Å². The average molecular weight is 346 g/mol. The number of hydrogen-bond donors (Lipinski definition) is 2. The number of amides is 1.